The van der Waals surface area contributed by atoms with Gasteiger partial charge in [0.25, 0.3) is 0 Å². The van der Waals surface area contributed by atoms with Crippen molar-refractivity contribution >= 4 is 27.4 Å². The normalized spacial score (nSPS) is 10.9. The Morgan fingerprint density at radius 3 is 2.94 bits per heavy atom. The predicted molar refractivity (Wildman–Crippen MR) is 70.5 cm³/mol. The molecular weight excluding hydrogens is 280 g/mol. The van der Waals surface area contributed by atoms with E-state index in [4.69, 9.17) is 5.73 Å². The summed E-state index contributed by atoms with van der Waals surface area (Å²) in [6.07, 6.45) is 5.38. The summed E-state index contributed by atoms with van der Waals surface area (Å²) < 4.78 is 2.83. The van der Waals surface area contributed by atoms with Crippen molar-refractivity contribution in [2.24, 2.45) is 0 Å². The topological polar surface area (TPSA) is 56.2 Å². The summed E-state index contributed by atoms with van der Waals surface area (Å²) >= 11 is 3.42. The number of halogens is 1. The molecule has 3 aromatic heterocycles. The maximum atomic E-state index is 6.08. The van der Waals surface area contributed by atoms with Crippen molar-refractivity contribution in [1.29, 1.82) is 0 Å². The zero-order valence-electron chi connectivity index (χ0n) is 8.84. The third-order valence-corrected chi connectivity index (χ3v) is 3.05. The smallest absolute Gasteiger partial charge is 0.140 e. The number of nitrogen functional groups attached to an aromatic ring is 1. The van der Waals surface area contributed by atoms with Gasteiger partial charge in [0.15, 0.2) is 0 Å². The molecule has 0 atom stereocenters. The Kier molecular flexibility index (Phi) is 2.33. The average molecular weight is 289 g/mol. The minimum atomic E-state index is 0.625. The Bertz CT molecular complexity index is 676. The monoisotopic (exact) mass is 288 g/mol. The standard InChI is InChI=1S/C12H9BrN4/c13-9-3-5-17-10(6-9)16-11(12(17)14)8-2-1-4-15-7-8/h1-7H,14H2. The number of aromatic nitrogens is 3. The molecular formula is C12H9BrN4. The maximum Gasteiger partial charge on any atom is 0.140 e. The number of imidazole rings is 1. The van der Waals surface area contributed by atoms with Gasteiger partial charge in [-0.15, -0.1) is 0 Å². The van der Waals surface area contributed by atoms with Crippen LogP contribution < -0.4 is 5.73 Å². The highest BCUT2D eigenvalue weighted by Gasteiger charge is 2.10. The van der Waals surface area contributed by atoms with Gasteiger partial charge in [-0.1, -0.05) is 15.9 Å². The Morgan fingerprint density at radius 2 is 2.18 bits per heavy atom. The number of hydrogen-bond donors (Lipinski definition) is 1. The summed E-state index contributed by atoms with van der Waals surface area (Å²) in [5.74, 6) is 0.625. The van der Waals surface area contributed by atoms with E-state index in [1.54, 1.807) is 12.4 Å². The van der Waals surface area contributed by atoms with Crippen molar-refractivity contribution in [3.8, 4) is 11.3 Å². The summed E-state index contributed by atoms with van der Waals surface area (Å²) in [4.78, 5) is 8.59. The second kappa shape index (κ2) is 3.85. The van der Waals surface area contributed by atoms with Crippen molar-refractivity contribution in [2.45, 2.75) is 0 Å². The molecule has 0 aliphatic carbocycles. The van der Waals surface area contributed by atoms with Gasteiger partial charge in [0.05, 0.1) is 0 Å². The molecule has 0 unspecified atom stereocenters. The molecule has 0 radical (unpaired) electrons. The van der Waals surface area contributed by atoms with Crippen LogP contribution in [0.5, 0.6) is 0 Å². The molecule has 0 saturated heterocycles. The second-order valence-corrected chi connectivity index (χ2v) is 4.58. The number of anilines is 1. The van der Waals surface area contributed by atoms with E-state index in [9.17, 15) is 0 Å². The molecule has 3 rings (SSSR count). The van der Waals surface area contributed by atoms with Crippen LogP contribution >= 0.6 is 15.9 Å². The van der Waals surface area contributed by atoms with Gasteiger partial charge in [-0.3, -0.25) is 9.38 Å². The molecule has 3 heterocycles. The lowest BCUT2D eigenvalue weighted by Crippen LogP contribution is -1.93. The van der Waals surface area contributed by atoms with Crippen LogP contribution in [0.2, 0.25) is 0 Å². The second-order valence-electron chi connectivity index (χ2n) is 3.66. The number of rotatable bonds is 1. The van der Waals surface area contributed by atoms with Crippen molar-refractivity contribution in [1.82, 2.24) is 14.4 Å². The quantitative estimate of drug-likeness (QED) is 0.749. The molecule has 0 aliphatic heterocycles. The summed E-state index contributed by atoms with van der Waals surface area (Å²) in [5, 5.41) is 0. The van der Waals surface area contributed by atoms with Gasteiger partial charge in [0.1, 0.15) is 17.2 Å². The molecule has 5 heteroatoms. The van der Waals surface area contributed by atoms with Crippen LogP contribution in [0.4, 0.5) is 5.82 Å². The van der Waals surface area contributed by atoms with E-state index in [2.05, 4.69) is 25.9 Å². The van der Waals surface area contributed by atoms with Crippen LogP contribution in [-0.4, -0.2) is 14.4 Å². The van der Waals surface area contributed by atoms with Crippen LogP contribution in [0.1, 0.15) is 0 Å². The molecule has 17 heavy (non-hydrogen) atoms. The van der Waals surface area contributed by atoms with Gasteiger partial charge in [-0.25, -0.2) is 4.98 Å². The molecule has 4 nitrogen and oxygen atoms in total. The average Bonchev–Trinajstić information content (AvgIpc) is 2.67. The van der Waals surface area contributed by atoms with Crippen LogP contribution in [0.25, 0.3) is 16.9 Å². The molecule has 84 valence electrons. The molecule has 0 saturated carbocycles. The Hall–Kier alpha value is -1.88. The predicted octanol–water partition coefficient (Wildman–Crippen LogP) is 2.74. The van der Waals surface area contributed by atoms with Gasteiger partial charge in [0.2, 0.25) is 0 Å². The molecule has 0 aliphatic rings. The van der Waals surface area contributed by atoms with Crippen LogP contribution in [0.3, 0.4) is 0 Å². The van der Waals surface area contributed by atoms with Gasteiger partial charge in [-0.05, 0) is 24.3 Å². The first-order valence-electron chi connectivity index (χ1n) is 5.09. The van der Waals surface area contributed by atoms with Crippen LogP contribution in [-0.2, 0) is 0 Å². The molecule has 0 amide bonds. The maximum absolute atomic E-state index is 6.08. The fraction of sp³-hybridized carbons (Fsp3) is 0. The Morgan fingerprint density at radius 1 is 1.29 bits per heavy atom. The van der Waals surface area contributed by atoms with Gasteiger partial charge in [0, 0.05) is 28.6 Å². The zero-order chi connectivity index (χ0) is 11.8. The van der Waals surface area contributed by atoms with Crippen molar-refractivity contribution < 1.29 is 0 Å². The lowest BCUT2D eigenvalue weighted by molar-refractivity contribution is 1.19. The van der Waals surface area contributed by atoms with Gasteiger partial charge in [-0.2, -0.15) is 0 Å². The zero-order valence-corrected chi connectivity index (χ0v) is 10.4. The molecule has 0 spiro atoms. The molecule has 3 aromatic rings. The highest BCUT2D eigenvalue weighted by molar-refractivity contribution is 9.10. The van der Waals surface area contributed by atoms with E-state index in [0.29, 0.717) is 5.82 Å². The van der Waals surface area contributed by atoms with Gasteiger partial charge < -0.3 is 5.73 Å². The lowest BCUT2D eigenvalue weighted by atomic mass is 10.2. The van der Waals surface area contributed by atoms with Crippen LogP contribution in [0.15, 0.2) is 47.3 Å². The first kappa shape index (κ1) is 10.3. The van der Waals surface area contributed by atoms with Crippen molar-refractivity contribution in [3.05, 3.63) is 47.3 Å². The first-order valence-corrected chi connectivity index (χ1v) is 5.88. The molecule has 0 fully saturated rings. The van der Waals surface area contributed by atoms with E-state index < -0.39 is 0 Å². The van der Waals surface area contributed by atoms with Crippen LogP contribution in [0, 0.1) is 0 Å². The SMILES string of the molecule is Nc1c(-c2cccnc2)nc2cc(Br)ccn12. The number of nitrogens with two attached hydrogens (primary N) is 1. The van der Waals surface area contributed by atoms with Gasteiger partial charge >= 0.3 is 0 Å². The summed E-state index contributed by atoms with van der Waals surface area (Å²) in [5.41, 5.74) is 8.58. The first-order chi connectivity index (χ1) is 8.25. The third-order valence-electron chi connectivity index (χ3n) is 2.56. The summed E-state index contributed by atoms with van der Waals surface area (Å²) in [6, 6.07) is 7.67. The van der Waals surface area contributed by atoms with E-state index >= 15 is 0 Å². The number of pyridine rings is 2. The fourth-order valence-electron chi connectivity index (χ4n) is 1.75. The highest BCUT2D eigenvalue weighted by Crippen LogP contribution is 2.26. The Balaban J connectivity index is 2.28. The highest BCUT2D eigenvalue weighted by atomic mass is 79.9. The summed E-state index contributed by atoms with van der Waals surface area (Å²) in [6.45, 7) is 0. The fourth-order valence-corrected chi connectivity index (χ4v) is 2.08. The Labute approximate surface area is 106 Å². The lowest BCUT2D eigenvalue weighted by Gasteiger charge is -1.98. The molecule has 0 bridgehead atoms. The number of nitrogens with zero attached hydrogens (tertiary/aromatic N) is 3. The van der Waals surface area contributed by atoms with Crippen molar-refractivity contribution in [2.75, 3.05) is 5.73 Å². The van der Waals surface area contributed by atoms with Crippen molar-refractivity contribution in [3.63, 3.8) is 0 Å². The van der Waals surface area contributed by atoms with E-state index in [1.807, 2.05) is 34.9 Å². The minimum Gasteiger partial charge on any atom is -0.383 e. The summed E-state index contributed by atoms with van der Waals surface area (Å²) in [7, 11) is 0. The number of hydrogen-bond acceptors (Lipinski definition) is 3. The third kappa shape index (κ3) is 1.68. The number of fused-ring (bicyclic) bond motifs is 1. The van der Waals surface area contributed by atoms with E-state index in [0.717, 1.165) is 21.4 Å². The largest absolute Gasteiger partial charge is 0.383 e. The molecule has 0 aromatic carbocycles. The van der Waals surface area contributed by atoms with E-state index in [1.165, 1.54) is 0 Å². The van der Waals surface area contributed by atoms with E-state index in [-0.39, 0.29) is 0 Å². The molecule has 2 N–H and O–H groups in total. The minimum absolute atomic E-state index is 0.625.